The summed E-state index contributed by atoms with van der Waals surface area (Å²) < 4.78 is 1.78. The highest BCUT2D eigenvalue weighted by molar-refractivity contribution is 5.44. The van der Waals surface area contributed by atoms with Gasteiger partial charge in [-0.1, -0.05) is 0 Å². The van der Waals surface area contributed by atoms with E-state index in [0.717, 1.165) is 0 Å². The van der Waals surface area contributed by atoms with E-state index in [-0.39, 0.29) is 12.4 Å². The molecule has 0 rings (SSSR count). The van der Waals surface area contributed by atoms with E-state index in [4.69, 9.17) is 5.73 Å². The zero-order chi connectivity index (χ0) is 7.28. The Balaban J connectivity index is 0. The summed E-state index contributed by atoms with van der Waals surface area (Å²) in [6.07, 6.45) is 5.30. The molecule has 0 atom stereocenters. The summed E-state index contributed by atoms with van der Waals surface area (Å²) in [5, 5.41) is 0. The third-order valence-electron chi connectivity index (χ3n) is 0.835. The fourth-order valence-corrected chi connectivity index (χ4v) is 0.288. The molecule has 0 unspecified atom stereocenters. The molecule has 0 aliphatic rings. The van der Waals surface area contributed by atoms with Crippen molar-refractivity contribution in [2.45, 2.75) is 0 Å². The minimum atomic E-state index is 0. The number of rotatable bonds is 2. The van der Waals surface area contributed by atoms with Gasteiger partial charge in [0.2, 0.25) is 6.34 Å². The molecule has 0 fully saturated rings. The normalized spacial score (nSPS) is 11.3. The molecule has 0 spiro atoms. The zero-order valence-corrected chi connectivity index (χ0v) is 7.34. The number of halogens is 1. The SMILES string of the molecule is CN(C)C=C[N+](C)=CN.[Cl-]. The van der Waals surface area contributed by atoms with Gasteiger partial charge < -0.3 is 17.3 Å². The van der Waals surface area contributed by atoms with Gasteiger partial charge in [-0.15, -0.1) is 0 Å². The summed E-state index contributed by atoms with van der Waals surface area (Å²) in [7, 11) is 5.79. The van der Waals surface area contributed by atoms with E-state index >= 15 is 0 Å². The molecule has 0 aromatic carbocycles. The van der Waals surface area contributed by atoms with Crippen molar-refractivity contribution in [3.05, 3.63) is 12.4 Å². The van der Waals surface area contributed by atoms with Gasteiger partial charge in [0.05, 0.1) is 7.05 Å². The van der Waals surface area contributed by atoms with E-state index in [2.05, 4.69) is 0 Å². The fourth-order valence-electron chi connectivity index (χ4n) is 0.288. The third-order valence-corrected chi connectivity index (χ3v) is 0.835. The molecule has 0 aromatic rings. The van der Waals surface area contributed by atoms with Crippen LogP contribution in [0.15, 0.2) is 12.4 Å². The topological polar surface area (TPSA) is 32.3 Å². The number of hydrogen-bond acceptors (Lipinski definition) is 1. The standard InChI is InChI=1S/C6H13N3.ClH/c1-8(2)4-5-9(3)6-7;/h4-7H,1-3H3;1H. The van der Waals surface area contributed by atoms with Crippen LogP contribution in [0.25, 0.3) is 0 Å². The molecule has 0 aliphatic carbocycles. The molecular formula is C6H14ClN3. The van der Waals surface area contributed by atoms with Crippen molar-refractivity contribution < 1.29 is 17.0 Å². The van der Waals surface area contributed by atoms with Gasteiger partial charge in [0.15, 0.2) is 0 Å². The lowest BCUT2D eigenvalue weighted by Crippen LogP contribution is -3.00. The van der Waals surface area contributed by atoms with Crippen molar-refractivity contribution in [3.8, 4) is 0 Å². The Kier molecular flexibility index (Phi) is 7.72. The molecule has 0 amide bonds. The van der Waals surface area contributed by atoms with Crippen LogP contribution in [0.2, 0.25) is 0 Å². The van der Waals surface area contributed by atoms with Gasteiger partial charge in [0, 0.05) is 20.3 Å². The molecule has 4 heteroatoms. The van der Waals surface area contributed by atoms with Gasteiger partial charge in [-0.3, -0.25) is 5.73 Å². The highest BCUT2D eigenvalue weighted by atomic mass is 35.5. The lowest BCUT2D eigenvalue weighted by Gasteiger charge is -2.00. The van der Waals surface area contributed by atoms with Crippen molar-refractivity contribution in [2.24, 2.45) is 5.73 Å². The Bertz CT molecular complexity index is 129. The molecule has 0 aliphatic heterocycles. The Labute approximate surface area is 68.2 Å². The Morgan fingerprint density at radius 2 is 1.90 bits per heavy atom. The van der Waals surface area contributed by atoms with Gasteiger partial charge in [-0.05, 0) is 0 Å². The van der Waals surface area contributed by atoms with Crippen LogP contribution in [-0.2, 0) is 0 Å². The molecule has 0 heterocycles. The maximum atomic E-state index is 5.19. The molecule has 0 radical (unpaired) electrons. The smallest absolute Gasteiger partial charge is 0.234 e. The Morgan fingerprint density at radius 1 is 1.40 bits per heavy atom. The first-order valence-electron chi connectivity index (χ1n) is 2.78. The summed E-state index contributed by atoms with van der Waals surface area (Å²) in [5.74, 6) is 0. The second-order valence-electron chi connectivity index (χ2n) is 2.08. The Morgan fingerprint density at radius 3 is 2.20 bits per heavy atom. The van der Waals surface area contributed by atoms with Crippen molar-refractivity contribution in [2.75, 3.05) is 21.1 Å². The average molecular weight is 164 g/mol. The molecule has 3 nitrogen and oxygen atoms in total. The van der Waals surface area contributed by atoms with Crippen LogP contribution >= 0.6 is 0 Å². The molecule has 2 N–H and O–H groups in total. The number of nitrogens with zero attached hydrogens (tertiary/aromatic N) is 2. The average Bonchev–Trinajstić information content (AvgIpc) is 1.83. The maximum Gasteiger partial charge on any atom is 0.234 e. The summed E-state index contributed by atoms with van der Waals surface area (Å²) in [6.45, 7) is 0. The molecule has 0 bridgehead atoms. The van der Waals surface area contributed by atoms with E-state index < -0.39 is 0 Å². The zero-order valence-electron chi connectivity index (χ0n) is 6.58. The van der Waals surface area contributed by atoms with Crippen molar-refractivity contribution in [1.29, 1.82) is 0 Å². The van der Waals surface area contributed by atoms with Gasteiger partial charge >= 0.3 is 0 Å². The van der Waals surface area contributed by atoms with Crippen LogP contribution in [-0.4, -0.2) is 37.0 Å². The summed E-state index contributed by atoms with van der Waals surface area (Å²) in [4.78, 5) is 1.94. The van der Waals surface area contributed by atoms with Gasteiger partial charge in [0.25, 0.3) is 0 Å². The van der Waals surface area contributed by atoms with Gasteiger partial charge in [0.1, 0.15) is 6.20 Å². The molecule has 10 heavy (non-hydrogen) atoms. The molecule has 60 valence electrons. The van der Waals surface area contributed by atoms with E-state index in [0.29, 0.717) is 0 Å². The third kappa shape index (κ3) is 7.30. The first-order valence-corrected chi connectivity index (χ1v) is 2.78. The molecule has 0 saturated heterocycles. The van der Waals surface area contributed by atoms with Gasteiger partial charge in [-0.25, -0.2) is 4.58 Å². The molecule has 0 aromatic heterocycles. The van der Waals surface area contributed by atoms with Crippen molar-refractivity contribution >= 4 is 6.34 Å². The van der Waals surface area contributed by atoms with Gasteiger partial charge in [-0.2, -0.15) is 0 Å². The van der Waals surface area contributed by atoms with Crippen LogP contribution in [0.4, 0.5) is 0 Å². The van der Waals surface area contributed by atoms with E-state index in [9.17, 15) is 0 Å². The molecular weight excluding hydrogens is 150 g/mol. The first kappa shape index (κ1) is 12.0. The summed E-state index contributed by atoms with van der Waals surface area (Å²) in [6, 6.07) is 0. The lowest BCUT2D eigenvalue weighted by molar-refractivity contribution is -0.418. The second kappa shape index (κ2) is 6.42. The van der Waals surface area contributed by atoms with Crippen LogP contribution in [0.1, 0.15) is 0 Å². The first-order chi connectivity index (χ1) is 4.16. The number of hydrogen-bond donors (Lipinski definition) is 1. The minimum absolute atomic E-state index is 0. The van der Waals surface area contributed by atoms with Crippen molar-refractivity contribution in [3.63, 3.8) is 0 Å². The fraction of sp³-hybridized carbons (Fsp3) is 0.500. The quantitative estimate of drug-likeness (QED) is 0.262. The number of nitrogens with two attached hydrogens (primary N) is 1. The van der Waals surface area contributed by atoms with Crippen LogP contribution in [0, 0.1) is 0 Å². The molecule has 0 saturated carbocycles. The Hall–Kier alpha value is -0.700. The van der Waals surface area contributed by atoms with E-state index in [1.54, 1.807) is 4.58 Å². The maximum absolute atomic E-state index is 5.19. The summed E-state index contributed by atoms with van der Waals surface area (Å²) in [5.41, 5.74) is 5.19. The van der Waals surface area contributed by atoms with Crippen LogP contribution < -0.4 is 18.1 Å². The monoisotopic (exact) mass is 163 g/mol. The van der Waals surface area contributed by atoms with E-state index in [1.807, 2.05) is 38.4 Å². The predicted octanol–water partition coefficient (Wildman–Crippen LogP) is -3.35. The van der Waals surface area contributed by atoms with Crippen LogP contribution in [0.5, 0.6) is 0 Å². The predicted molar refractivity (Wildman–Crippen MR) is 39.3 cm³/mol. The minimum Gasteiger partial charge on any atom is -1.00 e. The van der Waals surface area contributed by atoms with E-state index in [1.165, 1.54) is 6.34 Å². The highest BCUT2D eigenvalue weighted by Crippen LogP contribution is 1.75. The largest absolute Gasteiger partial charge is 1.00 e. The van der Waals surface area contributed by atoms with Crippen molar-refractivity contribution in [1.82, 2.24) is 4.90 Å². The summed E-state index contributed by atoms with van der Waals surface area (Å²) >= 11 is 0. The highest BCUT2D eigenvalue weighted by Gasteiger charge is 1.79. The second-order valence-corrected chi connectivity index (χ2v) is 2.08. The lowest BCUT2D eigenvalue weighted by atomic mass is 10.7. The van der Waals surface area contributed by atoms with Crippen LogP contribution in [0.3, 0.4) is 0 Å².